The number of hydrogen-bond donors (Lipinski definition) is 0. The van der Waals surface area contributed by atoms with E-state index in [9.17, 15) is 4.79 Å². The lowest BCUT2D eigenvalue weighted by molar-refractivity contribution is 0.0982. The Morgan fingerprint density at radius 3 is 2.94 bits per heavy atom. The minimum absolute atomic E-state index is 0.302. The van der Waals surface area contributed by atoms with Gasteiger partial charge in [0.1, 0.15) is 0 Å². The fourth-order valence-corrected chi connectivity index (χ4v) is 3.10. The van der Waals surface area contributed by atoms with E-state index in [4.69, 9.17) is 0 Å². The molecule has 0 aliphatic heterocycles. The Labute approximate surface area is 110 Å². The number of nitrogens with zero attached hydrogens (tertiary/aromatic N) is 2. The molecule has 0 unspecified atom stereocenters. The summed E-state index contributed by atoms with van der Waals surface area (Å²) in [6, 6.07) is 0. The summed E-state index contributed by atoms with van der Waals surface area (Å²) in [4.78, 5) is 16.4. The number of fused-ring (bicyclic) bond motifs is 1. The van der Waals surface area contributed by atoms with Crippen LogP contribution in [-0.2, 0) is 13.0 Å². The number of Topliss-reactive ketones (excluding diaryl/α,β-unsaturated/α-hetero) is 1. The molecule has 3 nitrogen and oxygen atoms in total. The van der Waals surface area contributed by atoms with Crippen molar-refractivity contribution in [2.45, 2.75) is 39.2 Å². The van der Waals surface area contributed by atoms with Crippen molar-refractivity contribution in [3.63, 3.8) is 0 Å². The van der Waals surface area contributed by atoms with Crippen LogP contribution in [0.2, 0.25) is 0 Å². The molecule has 0 saturated heterocycles. The van der Waals surface area contributed by atoms with Crippen LogP contribution in [0.4, 0.5) is 0 Å². The number of carbonyl (C=O) groups is 1. The van der Waals surface area contributed by atoms with Gasteiger partial charge < -0.3 is 4.57 Å². The number of thiazole rings is 1. The number of ketones is 1. The summed E-state index contributed by atoms with van der Waals surface area (Å²) in [6.45, 7) is 2.78. The summed E-state index contributed by atoms with van der Waals surface area (Å²) in [5.74, 6) is 0.302. The molecule has 2 aromatic heterocycles. The highest BCUT2D eigenvalue weighted by Gasteiger charge is 2.17. The second-order valence-electron chi connectivity index (χ2n) is 4.86. The van der Waals surface area contributed by atoms with E-state index in [1.54, 1.807) is 11.3 Å². The monoisotopic (exact) mass is 260 g/mol. The zero-order chi connectivity index (χ0) is 12.5. The maximum absolute atomic E-state index is 11.9. The Balaban J connectivity index is 1.86. The third-order valence-electron chi connectivity index (χ3n) is 3.37. The summed E-state index contributed by atoms with van der Waals surface area (Å²) in [7, 11) is 0. The van der Waals surface area contributed by atoms with Gasteiger partial charge in [-0.25, -0.2) is 4.98 Å². The van der Waals surface area contributed by atoms with Gasteiger partial charge in [-0.2, -0.15) is 0 Å². The molecule has 0 saturated carbocycles. The number of hydrogen-bond acceptors (Lipinski definition) is 3. The largest absolute Gasteiger partial charge is 0.347 e. The van der Waals surface area contributed by atoms with Gasteiger partial charge in [-0.3, -0.25) is 4.79 Å². The van der Waals surface area contributed by atoms with Crippen molar-refractivity contribution in [1.82, 2.24) is 9.55 Å². The maximum Gasteiger partial charge on any atom is 0.164 e. The molecule has 4 heteroatoms. The summed E-state index contributed by atoms with van der Waals surface area (Å²) in [5.41, 5.74) is 3.22. The fourth-order valence-electron chi connectivity index (χ4n) is 2.50. The quantitative estimate of drug-likeness (QED) is 0.777. The van der Waals surface area contributed by atoms with Gasteiger partial charge in [0.15, 0.2) is 5.78 Å². The van der Waals surface area contributed by atoms with E-state index < -0.39 is 0 Å². The predicted octanol–water partition coefficient (Wildman–Crippen LogP) is 3.21. The first-order valence-corrected chi connectivity index (χ1v) is 7.23. The van der Waals surface area contributed by atoms with Gasteiger partial charge in [-0.1, -0.05) is 0 Å². The van der Waals surface area contributed by atoms with E-state index >= 15 is 0 Å². The molecule has 0 amide bonds. The first-order valence-electron chi connectivity index (χ1n) is 6.35. The molecule has 0 fully saturated rings. The van der Waals surface area contributed by atoms with Gasteiger partial charge in [0, 0.05) is 29.8 Å². The molecule has 94 valence electrons. The lowest BCUT2D eigenvalue weighted by Gasteiger charge is -1.99. The smallest absolute Gasteiger partial charge is 0.164 e. The molecule has 0 spiro atoms. The van der Waals surface area contributed by atoms with Crippen LogP contribution in [0.15, 0.2) is 17.8 Å². The van der Waals surface area contributed by atoms with E-state index in [0.717, 1.165) is 42.1 Å². The van der Waals surface area contributed by atoms with Crippen LogP contribution in [0, 0.1) is 6.92 Å². The van der Waals surface area contributed by atoms with Crippen molar-refractivity contribution in [3.05, 3.63) is 39.6 Å². The normalized spacial score (nSPS) is 15.5. The van der Waals surface area contributed by atoms with Crippen LogP contribution in [0.1, 0.15) is 45.9 Å². The molecule has 2 heterocycles. The van der Waals surface area contributed by atoms with Crippen molar-refractivity contribution in [2.75, 3.05) is 0 Å². The summed E-state index contributed by atoms with van der Waals surface area (Å²) in [5, 5.41) is 3.18. The SMILES string of the molecule is Cc1nc(Cn2cc3c(c2)C(=O)CCCC3)cs1. The van der Waals surface area contributed by atoms with E-state index in [0.29, 0.717) is 12.2 Å². The minimum atomic E-state index is 0.302. The van der Waals surface area contributed by atoms with Crippen LogP contribution in [0.5, 0.6) is 0 Å². The van der Waals surface area contributed by atoms with Gasteiger partial charge in [-0.05, 0) is 31.7 Å². The number of aromatic nitrogens is 2. The summed E-state index contributed by atoms with van der Waals surface area (Å²) < 4.78 is 2.10. The predicted molar refractivity (Wildman–Crippen MR) is 72.3 cm³/mol. The molecule has 3 rings (SSSR count). The zero-order valence-corrected chi connectivity index (χ0v) is 11.3. The van der Waals surface area contributed by atoms with Crippen molar-refractivity contribution < 1.29 is 4.79 Å². The molecular formula is C14H16N2OS. The van der Waals surface area contributed by atoms with E-state index in [2.05, 4.69) is 21.1 Å². The third-order valence-corrected chi connectivity index (χ3v) is 4.20. The maximum atomic E-state index is 11.9. The molecule has 0 atom stereocenters. The lowest BCUT2D eigenvalue weighted by Crippen LogP contribution is -1.99. The highest BCUT2D eigenvalue weighted by Crippen LogP contribution is 2.22. The Morgan fingerprint density at radius 2 is 2.17 bits per heavy atom. The fraction of sp³-hybridized carbons (Fsp3) is 0.429. The van der Waals surface area contributed by atoms with Gasteiger partial charge in [0.25, 0.3) is 0 Å². The van der Waals surface area contributed by atoms with Gasteiger partial charge in [0.2, 0.25) is 0 Å². The number of aryl methyl sites for hydroxylation is 2. The van der Waals surface area contributed by atoms with E-state index in [1.807, 2.05) is 13.1 Å². The number of carbonyl (C=O) groups excluding carboxylic acids is 1. The molecule has 1 aliphatic carbocycles. The summed E-state index contributed by atoms with van der Waals surface area (Å²) in [6.07, 6.45) is 8.00. The van der Waals surface area contributed by atoms with Crippen LogP contribution < -0.4 is 0 Å². The van der Waals surface area contributed by atoms with Crippen molar-refractivity contribution >= 4 is 17.1 Å². The van der Waals surface area contributed by atoms with Gasteiger partial charge >= 0.3 is 0 Å². The van der Waals surface area contributed by atoms with Crippen molar-refractivity contribution in [3.8, 4) is 0 Å². The second-order valence-corrected chi connectivity index (χ2v) is 5.92. The molecule has 18 heavy (non-hydrogen) atoms. The molecule has 2 aromatic rings. The Hall–Kier alpha value is -1.42. The topological polar surface area (TPSA) is 34.9 Å². The Kier molecular flexibility index (Phi) is 3.04. The third kappa shape index (κ3) is 2.25. The first-order chi connectivity index (χ1) is 8.72. The Bertz CT molecular complexity index is 582. The standard InChI is InChI=1S/C14H16N2OS/c1-10-15-12(9-18-10)7-16-6-11-4-2-3-5-14(17)13(11)8-16/h6,8-9H,2-5,7H2,1H3. The van der Waals surface area contributed by atoms with E-state index in [-0.39, 0.29) is 0 Å². The zero-order valence-electron chi connectivity index (χ0n) is 10.5. The molecule has 0 aromatic carbocycles. The highest BCUT2D eigenvalue weighted by molar-refractivity contribution is 7.09. The first kappa shape index (κ1) is 11.7. The van der Waals surface area contributed by atoms with Gasteiger partial charge in [-0.15, -0.1) is 11.3 Å². The number of rotatable bonds is 2. The summed E-state index contributed by atoms with van der Waals surface area (Å²) >= 11 is 1.67. The minimum Gasteiger partial charge on any atom is -0.347 e. The lowest BCUT2D eigenvalue weighted by atomic mass is 10.1. The van der Waals surface area contributed by atoms with Crippen LogP contribution in [0.3, 0.4) is 0 Å². The molecule has 0 bridgehead atoms. The molecular weight excluding hydrogens is 244 g/mol. The van der Waals surface area contributed by atoms with Crippen molar-refractivity contribution in [1.29, 1.82) is 0 Å². The van der Waals surface area contributed by atoms with Crippen molar-refractivity contribution in [2.24, 2.45) is 0 Å². The Morgan fingerprint density at radius 1 is 1.33 bits per heavy atom. The molecule has 1 aliphatic rings. The molecule has 0 N–H and O–H groups in total. The second kappa shape index (κ2) is 4.69. The van der Waals surface area contributed by atoms with E-state index in [1.165, 1.54) is 5.56 Å². The van der Waals surface area contributed by atoms with Crippen LogP contribution in [0.25, 0.3) is 0 Å². The highest BCUT2D eigenvalue weighted by atomic mass is 32.1. The average Bonchev–Trinajstić information content (AvgIpc) is 2.88. The molecule has 0 radical (unpaired) electrons. The van der Waals surface area contributed by atoms with Crippen LogP contribution >= 0.6 is 11.3 Å². The van der Waals surface area contributed by atoms with Gasteiger partial charge in [0.05, 0.1) is 17.2 Å². The van der Waals surface area contributed by atoms with Crippen LogP contribution in [-0.4, -0.2) is 15.3 Å². The average molecular weight is 260 g/mol.